The average Bonchev–Trinajstić information content (AvgIpc) is 2.39. The minimum atomic E-state index is -0.773. The summed E-state index contributed by atoms with van der Waals surface area (Å²) in [6, 6.07) is 5.86. The first-order chi connectivity index (χ1) is 8.90. The number of nitrogens with one attached hydrogen (secondary N) is 1. The highest BCUT2D eigenvalue weighted by atomic mass is 16.2. The second-order valence-electron chi connectivity index (χ2n) is 3.94. The van der Waals surface area contributed by atoms with Gasteiger partial charge in [-0.05, 0) is 11.9 Å². The second-order valence-corrected chi connectivity index (χ2v) is 3.94. The van der Waals surface area contributed by atoms with E-state index >= 15 is 0 Å². The van der Waals surface area contributed by atoms with Gasteiger partial charge in [-0.1, -0.05) is 18.2 Å². The number of Topliss-reactive ketones (excluding diaryl/α,β-unsaturated/α-hetero) is 1. The molecule has 0 saturated carbocycles. The van der Waals surface area contributed by atoms with Crippen molar-refractivity contribution < 1.29 is 14.4 Å². The van der Waals surface area contributed by atoms with E-state index < -0.39 is 23.2 Å². The minimum absolute atomic E-state index is 0.00630. The molecule has 2 amide bonds. The van der Waals surface area contributed by atoms with E-state index in [0.29, 0.717) is 0 Å². The van der Waals surface area contributed by atoms with E-state index in [4.69, 9.17) is 11.1 Å². The molecule has 0 bridgehead atoms. The summed E-state index contributed by atoms with van der Waals surface area (Å²) in [4.78, 5) is 36.3. The Morgan fingerprint density at radius 3 is 2.11 bits per heavy atom. The maximum absolute atomic E-state index is 12.2. The third kappa shape index (κ3) is 2.94. The van der Waals surface area contributed by atoms with E-state index in [2.05, 4.69) is 0 Å². The third-order valence-electron chi connectivity index (χ3n) is 2.41. The molecule has 0 aromatic heterocycles. The maximum Gasteiger partial charge on any atom is 0.266 e. The van der Waals surface area contributed by atoms with Gasteiger partial charge in [0.15, 0.2) is 0 Å². The van der Waals surface area contributed by atoms with Gasteiger partial charge in [0.25, 0.3) is 5.91 Å². The monoisotopic (exact) mass is 259 g/mol. The molecule has 0 saturated heterocycles. The van der Waals surface area contributed by atoms with E-state index in [0.717, 1.165) is 4.90 Å². The molecule has 0 atom stereocenters. The number of rotatable bonds is 4. The summed E-state index contributed by atoms with van der Waals surface area (Å²) in [5.74, 6) is -0.352. The van der Waals surface area contributed by atoms with E-state index in [1.54, 1.807) is 12.1 Å². The van der Waals surface area contributed by atoms with Crippen LogP contribution in [0.2, 0.25) is 0 Å². The number of nitrogens with two attached hydrogens (primary N) is 1. The molecule has 6 nitrogen and oxygen atoms in total. The molecule has 19 heavy (non-hydrogen) atoms. The van der Waals surface area contributed by atoms with Crippen molar-refractivity contribution >= 4 is 23.5 Å². The van der Waals surface area contributed by atoms with Crippen LogP contribution in [0.4, 0.5) is 0 Å². The summed E-state index contributed by atoms with van der Waals surface area (Å²) in [5.41, 5.74) is 4.71. The molecule has 0 heterocycles. The Balaban J connectivity index is 3.31. The highest BCUT2D eigenvalue weighted by Crippen LogP contribution is 2.13. The first-order valence-corrected chi connectivity index (χ1v) is 5.35. The number of carbonyl (C=O) groups excluding carboxylic acids is 3. The Morgan fingerprint density at radius 2 is 1.68 bits per heavy atom. The van der Waals surface area contributed by atoms with Crippen molar-refractivity contribution in [3.8, 4) is 0 Å². The van der Waals surface area contributed by atoms with Gasteiger partial charge in [-0.3, -0.25) is 19.8 Å². The molecule has 1 aromatic rings. The summed E-state index contributed by atoms with van der Waals surface area (Å²) in [7, 11) is 2.90. The fourth-order valence-electron chi connectivity index (χ4n) is 1.46. The van der Waals surface area contributed by atoms with Crippen molar-refractivity contribution in [1.29, 1.82) is 5.41 Å². The van der Waals surface area contributed by atoms with Crippen molar-refractivity contribution in [2.45, 2.75) is 0 Å². The molecule has 98 valence electrons. The fraction of sp³-hybridized carbons (Fsp3) is 0.154. The van der Waals surface area contributed by atoms with Crippen molar-refractivity contribution in [1.82, 2.24) is 4.90 Å². The molecule has 1 rings (SSSR count). The lowest BCUT2D eigenvalue weighted by Gasteiger charge is -2.11. The Hall–Kier alpha value is -2.72. The van der Waals surface area contributed by atoms with Crippen LogP contribution in [-0.2, 0) is 4.79 Å². The zero-order chi connectivity index (χ0) is 14.6. The highest BCUT2D eigenvalue weighted by molar-refractivity contribution is 6.31. The van der Waals surface area contributed by atoms with Crippen molar-refractivity contribution in [3.63, 3.8) is 0 Å². The summed E-state index contributed by atoms with van der Waals surface area (Å²) in [6.07, 6.45) is 0. The predicted molar refractivity (Wildman–Crippen MR) is 69.2 cm³/mol. The van der Waals surface area contributed by atoms with Crippen LogP contribution in [0, 0.1) is 5.41 Å². The van der Waals surface area contributed by atoms with Gasteiger partial charge in [-0.15, -0.1) is 0 Å². The first-order valence-electron chi connectivity index (χ1n) is 5.35. The lowest BCUT2D eigenvalue weighted by atomic mass is 9.98. The Bertz CT molecular complexity index is 599. The molecular weight excluding hydrogens is 246 g/mol. The Labute approximate surface area is 110 Å². The Morgan fingerprint density at radius 1 is 1.16 bits per heavy atom. The summed E-state index contributed by atoms with van der Waals surface area (Å²) in [6.45, 7) is 0. The van der Waals surface area contributed by atoms with Gasteiger partial charge < -0.3 is 10.6 Å². The number of carbonyl (C=O) groups is 3. The molecule has 0 aliphatic heterocycles. The fourth-order valence-corrected chi connectivity index (χ4v) is 1.46. The molecule has 0 aliphatic rings. The van der Waals surface area contributed by atoms with E-state index in [-0.39, 0.29) is 11.1 Å². The maximum atomic E-state index is 12.2. The number of benzene rings is 1. The lowest BCUT2D eigenvalue weighted by Crippen LogP contribution is -2.29. The average molecular weight is 259 g/mol. The number of hydrogen-bond donors (Lipinski definition) is 2. The van der Waals surface area contributed by atoms with Gasteiger partial charge in [-0.2, -0.15) is 0 Å². The molecule has 0 aliphatic carbocycles. The molecule has 0 spiro atoms. The molecule has 0 unspecified atom stereocenters. The van der Waals surface area contributed by atoms with Gasteiger partial charge in [0, 0.05) is 19.7 Å². The minimum Gasteiger partial charge on any atom is -0.366 e. The Kier molecular flexibility index (Phi) is 4.34. The summed E-state index contributed by atoms with van der Waals surface area (Å²) in [5, 5.41) is 7.07. The third-order valence-corrected chi connectivity index (χ3v) is 2.41. The van der Waals surface area contributed by atoms with Crippen LogP contribution in [0.25, 0.3) is 0 Å². The highest BCUT2D eigenvalue weighted by Gasteiger charge is 2.24. The lowest BCUT2D eigenvalue weighted by molar-refractivity contribution is -0.124. The second kappa shape index (κ2) is 5.75. The quantitative estimate of drug-likeness (QED) is 0.266. The number of nitrogens with zero attached hydrogens (tertiary/aromatic N) is 1. The summed E-state index contributed by atoms with van der Waals surface area (Å²) < 4.78 is 0. The van der Waals surface area contributed by atoms with Gasteiger partial charge in [0.1, 0.15) is 5.57 Å². The number of amides is 2. The molecule has 0 fully saturated rings. The van der Waals surface area contributed by atoms with Gasteiger partial charge in [0.05, 0.1) is 5.56 Å². The standard InChI is InChI=1S/C13H13N3O3/c1-16(2)13(19)10(7-14)11(17)8-5-3-4-6-9(8)12(15)18/h3-6,14H,1-2H3,(H2,15,18). The van der Waals surface area contributed by atoms with Crippen molar-refractivity contribution in [2.24, 2.45) is 5.73 Å². The van der Waals surface area contributed by atoms with Crippen LogP contribution in [0.15, 0.2) is 29.8 Å². The molecule has 3 N–H and O–H groups in total. The number of primary amides is 1. The molecule has 1 aromatic carbocycles. The van der Waals surface area contributed by atoms with Crippen LogP contribution in [-0.4, -0.2) is 42.5 Å². The normalized spacial score (nSPS) is 9.37. The zero-order valence-electron chi connectivity index (χ0n) is 10.6. The zero-order valence-corrected chi connectivity index (χ0v) is 10.6. The largest absolute Gasteiger partial charge is 0.366 e. The SMILES string of the molecule is CN(C)C(=O)C(=C=N)C(=O)c1ccccc1C(N)=O. The topological polar surface area (TPSA) is 104 Å². The van der Waals surface area contributed by atoms with Gasteiger partial charge in [-0.25, -0.2) is 0 Å². The number of ketones is 1. The smallest absolute Gasteiger partial charge is 0.266 e. The van der Waals surface area contributed by atoms with E-state index in [9.17, 15) is 14.4 Å². The number of likely N-dealkylation sites (N-methyl/N-ethyl adjacent to an activating group) is 1. The van der Waals surface area contributed by atoms with Crippen LogP contribution in [0.3, 0.4) is 0 Å². The van der Waals surface area contributed by atoms with Crippen LogP contribution in [0.5, 0.6) is 0 Å². The van der Waals surface area contributed by atoms with E-state index in [1.165, 1.54) is 26.2 Å². The summed E-state index contributed by atoms with van der Waals surface area (Å²) >= 11 is 0. The van der Waals surface area contributed by atoms with Crippen molar-refractivity contribution in [3.05, 3.63) is 41.0 Å². The molecule has 6 heteroatoms. The number of hydrogen-bond acceptors (Lipinski definition) is 4. The van der Waals surface area contributed by atoms with Gasteiger partial charge in [0.2, 0.25) is 11.7 Å². The predicted octanol–water partition coefficient (Wildman–Crippen LogP) is 0.231. The van der Waals surface area contributed by atoms with Crippen molar-refractivity contribution in [2.75, 3.05) is 14.1 Å². The molecule has 0 radical (unpaired) electrons. The molecular formula is C13H13N3O3. The van der Waals surface area contributed by atoms with Crippen LogP contribution < -0.4 is 5.73 Å². The van der Waals surface area contributed by atoms with E-state index in [1.807, 2.05) is 5.87 Å². The van der Waals surface area contributed by atoms with Crippen LogP contribution >= 0.6 is 0 Å². The first kappa shape index (κ1) is 14.3. The van der Waals surface area contributed by atoms with Crippen LogP contribution in [0.1, 0.15) is 20.7 Å². The van der Waals surface area contributed by atoms with Gasteiger partial charge >= 0.3 is 0 Å².